The van der Waals surface area contributed by atoms with Crippen LogP contribution in [-0.2, 0) is 12.8 Å². The van der Waals surface area contributed by atoms with Crippen molar-refractivity contribution in [2.45, 2.75) is 26.2 Å². The number of halogens is 2. The minimum absolute atomic E-state index is 0. The minimum atomic E-state index is 0. The zero-order valence-corrected chi connectivity index (χ0v) is 18.1. The summed E-state index contributed by atoms with van der Waals surface area (Å²) in [6, 6.07) is 14.6. The van der Waals surface area contributed by atoms with E-state index in [-0.39, 0.29) is 12.4 Å². The molecule has 0 aliphatic heterocycles. The second kappa shape index (κ2) is 7.42. The van der Waals surface area contributed by atoms with Gasteiger partial charge in [0.05, 0.1) is 12.0 Å². The van der Waals surface area contributed by atoms with Crippen molar-refractivity contribution in [1.82, 2.24) is 4.98 Å². The lowest BCUT2D eigenvalue weighted by Gasteiger charge is -2.18. The van der Waals surface area contributed by atoms with Gasteiger partial charge in [-0.15, -0.1) is 23.7 Å². The summed E-state index contributed by atoms with van der Waals surface area (Å²) in [4.78, 5) is 7.68. The van der Waals surface area contributed by atoms with Gasteiger partial charge in [0.2, 0.25) is 0 Å². The van der Waals surface area contributed by atoms with Crippen molar-refractivity contribution in [3.8, 4) is 22.6 Å². The van der Waals surface area contributed by atoms with E-state index in [0.29, 0.717) is 0 Å². The molecule has 0 saturated heterocycles. The molecular weight excluding hydrogens is 442 g/mol. The molecule has 0 radical (unpaired) electrons. The van der Waals surface area contributed by atoms with Crippen LogP contribution in [-0.4, -0.2) is 4.98 Å². The summed E-state index contributed by atoms with van der Waals surface area (Å²) in [5, 5.41) is 1.30. The Morgan fingerprint density at radius 3 is 2.74 bits per heavy atom. The number of aromatic nitrogens is 1. The molecule has 4 aromatic rings. The quantitative estimate of drug-likeness (QED) is 0.309. The highest BCUT2D eigenvalue weighted by Gasteiger charge is 2.24. The maximum Gasteiger partial charge on any atom is 0.134 e. The van der Waals surface area contributed by atoms with Crippen LogP contribution < -0.4 is 0 Å². The van der Waals surface area contributed by atoms with E-state index < -0.39 is 0 Å². The number of pyridine rings is 1. The highest BCUT2D eigenvalue weighted by molar-refractivity contribution is 9.10. The molecule has 0 amide bonds. The Labute approximate surface area is 177 Å². The fraction of sp³-hybridized carbons (Fsp3) is 0.227. The molecule has 1 aliphatic carbocycles. The Morgan fingerprint density at radius 2 is 2.00 bits per heavy atom. The van der Waals surface area contributed by atoms with Crippen LogP contribution in [0.4, 0.5) is 0 Å². The Morgan fingerprint density at radius 1 is 1.19 bits per heavy atom. The molecule has 27 heavy (non-hydrogen) atoms. The van der Waals surface area contributed by atoms with Gasteiger partial charge in [-0.1, -0.05) is 35.0 Å². The largest absolute Gasteiger partial charge is 0.464 e. The molecular formula is C22H19BrClNOS. The molecule has 0 fully saturated rings. The van der Waals surface area contributed by atoms with Gasteiger partial charge in [-0.25, -0.2) is 4.98 Å². The number of fused-ring (bicyclic) bond motifs is 3. The number of hydrogen-bond acceptors (Lipinski definition) is 3. The Hall–Kier alpha value is -1.62. The molecule has 5 rings (SSSR count). The normalized spacial score (nSPS) is 16.1. The van der Waals surface area contributed by atoms with Crippen molar-refractivity contribution < 1.29 is 4.42 Å². The molecule has 1 aromatic carbocycles. The van der Waals surface area contributed by atoms with Crippen LogP contribution in [0.2, 0.25) is 0 Å². The second-order valence-corrected chi connectivity index (χ2v) is 9.07. The van der Waals surface area contributed by atoms with Crippen molar-refractivity contribution in [2.75, 3.05) is 0 Å². The van der Waals surface area contributed by atoms with E-state index in [1.165, 1.54) is 34.2 Å². The lowest BCUT2D eigenvalue weighted by Crippen LogP contribution is -2.08. The topological polar surface area (TPSA) is 26.0 Å². The standard InChI is InChI=1S/C22H18BrNOS.ClH/c1-13-4-9-16-20(11-13)26-22-21(16)17(19-3-2-10-25-19)12-18(24-22)14-5-7-15(23)8-6-14;/h2-3,5-8,10,12-13H,4,9,11H2,1H3;1H. The fourth-order valence-corrected chi connectivity index (χ4v) is 5.51. The highest BCUT2D eigenvalue weighted by atomic mass is 79.9. The fourth-order valence-electron chi connectivity index (χ4n) is 3.84. The van der Waals surface area contributed by atoms with E-state index in [9.17, 15) is 0 Å². The van der Waals surface area contributed by atoms with Gasteiger partial charge in [0.15, 0.2) is 0 Å². The second-order valence-electron chi connectivity index (χ2n) is 7.07. The first-order chi connectivity index (χ1) is 12.7. The first-order valence-electron chi connectivity index (χ1n) is 8.94. The number of rotatable bonds is 2. The molecule has 138 valence electrons. The average Bonchev–Trinajstić information content (AvgIpc) is 3.28. The monoisotopic (exact) mass is 459 g/mol. The van der Waals surface area contributed by atoms with Crippen molar-refractivity contribution in [3.05, 3.63) is 63.6 Å². The van der Waals surface area contributed by atoms with Gasteiger partial charge in [-0.3, -0.25) is 0 Å². The van der Waals surface area contributed by atoms with E-state index >= 15 is 0 Å². The smallest absolute Gasteiger partial charge is 0.134 e. The van der Waals surface area contributed by atoms with Crippen LogP contribution in [0.15, 0.2) is 57.6 Å². The molecule has 0 N–H and O–H groups in total. The van der Waals surface area contributed by atoms with Gasteiger partial charge in [0, 0.05) is 25.9 Å². The van der Waals surface area contributed by atoms with E-state index in [1.54, 1.807) is 6.26 Å². The predicted molar refractivity (Wildman–Crippen MR) is 119 cm³/mol. The number of thiophene rings is 1. The Balaban J connectivity index is 0.00000180. The molecule has 1 atom stereocenters. The van der Waals surface area contributed by atoms with Gasteiger partial charge in [-0.2, -0.15) is 0 Å². The maximum atomic E-state index is 5.79. The third-order valence-corrected chi connectivity index (χ3v) is 6.87. The Kier molecular flexibility index (Phi) is 5.15. The first-order valence-corrected chi connectivity index (χ1v) is 10.5. The van der Waals surface area contributed by atoms with Gasteiger partial charge < -0.3 is 4.42 Å². The van der Waals surface area contributed by atoms with Crippen LogP contribution in [0.5, 0.6) is 0 Å². The summed E-state index contributed by atoms with van der Waals surface area (Å²) in [6.07, 6.45) is 5.32. The summed E-state index contributed by atoms with van der Waals surface area (Å²) in [7, 11) is 0. The molecule has 3 aromatic heterocycles. The molecule has 1 unspecified atom stereocenters. The van der Waals surface area contributed by atoms with Crippen molar-refractivity contribution in [2.24, 2.45) is 5.92 Å². The van der Waals surface area contributed by atoms with Crippen LogP contribution in [0, 0.1) is 5.92 Å². The van der Waals surface area contributed by atoms with Gasteiger partial charge in [0.25, 0.3) is 0 Å². The summed E-state index contributed by atoms with van der Waals surface area (Å²) in [5.41, 5.74) is 4.79. The zero-order chi connectivity index (χ0) is 17.7. The molecule has 2 nitrogen and oxygen atoms in total. The number of nitrogens with zero attached hydrogens (tertiary/aromatic N) is 1. The minimum Gasteiger partial charge on any atom is -0.464 e. The van der Waals surface area contributed by atoms with Crippen molar-refractivity contribution in [1.29, 1.82) is 0 Å². The summed E-state index contributed by atoms with van der Waals surface area (Å²) >= 11 is 5.38. The SMILES string of the molecule is CC1CCc2c(sc3nc(-c4ccc(Br)cc4)cc(-c4ccco4)c23)C1.Cl. The average molecular weight is 461 g/mol. The number of furan rings is 1. The molecule has 1 aliphatic rings. The van der Waals surface area contributed by atoms with E-state index in [2.05, 4.69) is 59.3 Å². The molecule has 3 heterocycles. The first kappa shape index (κ1) is 18.7. The maximum absolute atomic E-state index is 5.79. The summed E-state index contributed by atoms with van der Waals surface area (Å²) in [5.74, 6) is 1.68. The number of benzene rings is 1. The molecule has 0 bridgehead atoms. The van der Waals surface area contributed by atoms with Gasteiger partial charge >= 0.3 is 0 Å². The molecule has 0 saturated carbocycles. The Bertz CT molecular complexity index is 1090. The number of hydrogen-bond donors (Lipinski definition) is 0. The van der Waals surface area contributed by atoms with Gasteiger partial charge in [0.1, 0.15) is 10.6 Å². The van der Waals surface area contributed by atoms with Crippen LogP contribution in [0.25, 0.3) is 32.8 Å². The predicted octanol–water partition coefficient (Wildman–Crippen LogP) is 7.53. The lowest BCUT2D eigenvalue weighted by atomic mass is 9.88. The van der Waals surface area contributed by atoms with Crippen molar-refractivity contribution >= 4 is 49.9 Å². The zero-order valence-electron chi connectivity index (χ0n) is 14.9. The number of aryl methyl sites for hydroxylation is 1. The van der Waals surface area contributed by atoms with E-state index in [0.717, 1.165) is 38.7 Å². The van der Waals surface area contributed by atoms with Crippen LogP contribution in [0.1, 0.15) is 23.8 Å². The summed E-state index contributed by atoms with van der Waals surface area (Å²) in [6.45, 7) is 2.35. The lowest BCUT2D eigenvalue weighted by molar-refractivity contribution is 0.509. The van der Waals surface area contributed by atoms with E-state index in [1.807, 2.05) is 17.4 Å². The molecule has 5 heteroatoms. The third-order valence-electron chi connectivity index (χ3n) is 5.19. The van der Waals surface area contributed by atoms with E-state index in [4.69, 9.17) is 9.40 Å². The van der Waals surface area contributed by atoms with Crippen LogP contribution in [0.3, 0.4) is 0 Å². The molecule has 0 spiro atoms. The van der Waals surface area contributed by atoms with Gasteiger partial charge in [-0.05, 0) is 61.1 Å². The van der Waals surface area contributed by atoms with Crippen molar-refractivity contribution in [3.63, 3.8) is 0 Å². The third kappa shape index (κ3) is 3.35. The summed E-state index contributed by atoms with van der Waals surface area (Å²) < 4.78 is 6.87. The highest BCUT2D eigenvalue weighted by Crippen LogP contribution is 2.43. The van der Waals surface area contributed by atoms with Crippen LogP contribution >= 0.6 is 39.7 Å².